The second kappa shape index (κ2) is 12.6. The third kappa shape index (κ3) is 6.68. The number of ether oxygens (including phenoxy) is 1. The van der Waals surface area contributed by atoms with Crippen LogP contribution in [0.15, 0.2) is 81.6 Å². The molecule has 0 fully saturated rings. The molecule has 1 aliphatic rings. The van der Waals surface area contributed by atoms with Gasteiger partial charge in [0.2, 0.25) is 11.1 Å². The molecule has 9 heteroatoms. The molecular formula is C34H38BrN5O2S. The molecule has 224 valence electrons. The lowest BCUT2D eigenvalue weighted by atomic mass is 9.87. The van der Waals surface area contributed by atoms with E-state index in [1.807, 2.05) is 57.2 Å². The molecule has 0 saturated carbocycles. The van der Waals surface area contributed by atoms with Crippen molar-refractivity contribution in [1.82, 2.24) is 14.8 Å². The van der Waals surface area contributed by atoms with E-state index in [-0.39, 0.29) is 11.3 Å². The maximum atomic E-state index is 14.1. The van der Waals surface area contributed by atoms with Gasteiger partial charge in [-0.25, -0.2) is 4.68 Å². The number of hydrogen-bond acceptors (Lipinski definition) is 6. The van der Waals surface area contributed by atoms with Gasteiger partial charge in [-0.1, -0.05) is 91.8 Å². The van der Waals surface area contributed by atoms with Crippen LogP contribution in [-0.2, 0) is 16.8 Å². The van der Waals surface area contributed by atoms with Gasteiger partial charge in [0.15, 0.2) is 0 Å². The van der Waals surface area contributed by atoms with Crippen LogP contribution in [0.3, 0.4) is 0 Å². The second-order valence-electron chi connectivity index (χ2n) is 11.8. The fourth-order valence-corrected chi connectivity index (χ4v) is 6.04. The van der Waals surface area contributed by atoms with E-state index in [1.54, 1.807) is 16.4 Å². The van der Waals surface area contributed by atoms with Gasteiger partial charge in [0.1, 0.15) is 18.4 Å². The van der Waals surface area contributed by atoms with Crippen molar-refractivity contribution in [1.29, 1.82) is 0 Å². The summed E-state index contributed by atoms with van der Waals surface area (Å²) in [5.74, 6) is 1.88. The molecule has 7 nitrogen and oxygen atoms in total. The summed E-state index contributed by atoms with van der Waals surface area (Å²) < 4.78 is 9.16. The number of nitrogens with zero attached hydrogens (tertiary/aromatic N) is 3. The Balaban J connectivity index is 1.55. The van der Waals surface area contributed by atoms with E-state index in [0.717, 1.165) is 38.2 Å². The third-order valence-corrected chi connectivity index (χ3v) is 8.90. The van der Waals surface area contributed by atoms with Crippen molar-refractivity contribution in [2.75, 3.05) is 16.4 Å². The standard InChI is InChI=1S/C34H38BrN5O2S/c1-8-43-33-38-32-36-22(4)29(31(41)37-27-11-9-10-20(2)21(27)3)30(40(32)39-33)26-18-25(35)16-17-28(26)42-19-23-12-14-24(15-13-23)34(5,6)7/h9-18,30H,8,19H2,1-7H3,(H,37,41)(H,36,38,39). The summed E-state index contributed by atoms with van der Waals surface area (Å²) in [5, 5.41) is 12.0. The number of rotatable bonds is 8. The zero-order chi connectivity index (χ0) is 30.9. The molecule has 1 aromatic heterocycles. The molecular weight excluding hydrogens is 622 g/mol. The van der Waals surface area contributed by atoms with Gasteiger partial charge in [-0.05, 0) is 78.5 Å². The van der Waals surface area contributed by atoms with Crippen LogP contribution in [0.5, 0.6) is 5.75 Å². The molecule has 0 radical (unpaired) electrons. The minimum Gasteiger partial charge on any atom is -0.489 e. The molecule has 1 atom stereocenters. The van der Waals surface area contributed by atoms with Gasteiger partial charge < -0.3 is 15.4 Å². The minimum absolute atomic E-state index is 0.0792. The number of halogens is 1. The predicted molar refractivity (Wildman–Crippen MR) is 179 cm³/mol. The van der Waals surface area contributed by atoms with Crippen LogP contribution < -0.4 is 15.4 Å². The largest absolute Gasteiger partial charge is 0.489 e. The SMILES string of the molecule is CCSc1nc2n(n1)C(c1cc(Br)ccc1OCc1ccc(C(C)(C)C)cc1)C(C(=O)Nc1cccc(C)c1C)=C(C)N2. The zero-order valence-corrected chi connectivity index (χ0v) is 28.1. The molecule has 0 saturated heterocycles. The van der Waals surface area contributed by atoms with Crippen molar-refractivity contribution in [3.63, 3.8) is 0 Å². The highest BCUT2D eigenvalue weighted by Gasteiger charge is 2.36. The average molecular weight is 661 g/mol. The maximum Gasteiger partial charge on any atom is 0.255 e. The van der Waals surface area contributed by atoms with Crippen molar-refractivity contribution in [3.8, 4) is 5.75 Å². The van der Waals surface area contributed by atoms with Gasteiger partial charge in [0.25, 0.3) is 5.91 Å². The lowest BCUT2D eigenvalue weighted by molar-refractivity contribution is -0.113. The highest BCUT2D eigenvalue weighted by Crippen LogP contribution is 2.41. The average Bonchev–Trinajstić information content (AvgIpc) is 3.35. The maximum absolute atomic E-state index is 14.1. The Bertz CT molecular complexity index is 1690. The van der Waals surface area contributed by atoms with Crippen LogP contribution in [0, 0.1) is 13.8 Å². The Labute approximate surface area is 266 Å². The normalized spacial score (nSPS) is 14.7. The first-order valence-electron chi connectivity index (χ1n) is 14.4. The van der Waals surface area contributed by atoms with Gasteiger partial charge in [-0.3, -0.25) is 4.79 Å². The highest BCUT2D eigenvalue weighted by molar-refractivity contribution is 9.10. The number of carbonyl (C=O) groups is 1. The zero-order valence-electron chi connectivity index (χ0n) is 25.7. The van der Waals surface area contributed by atoms with Gasteiger partial charge in [0.05, 0.1) is 5.57 Å². The number of fused-ring (bicyclic) bond motifs is 1. The Kier molecular flexibility index (Phi) is 9.04. The summed E-state index contributed by atoms with van der Waals surface area (Å²) in [7, 11) is 0. The molecule has 5 rings (SSSR count). The molecule has 4 aromatic rings. The van der Waals surface area contributed by atoms with Crippen LogP contribution in [0.2, 0.25) is 0 Å². The molecule has 0 spiro atoms. The van der Waals surface area contributed by atoms with Crippen LogP contribution in [0.25, 0.3) is 0 Å². The fourth-order valence-electron chi connectivity index (χ4n) is 5.11. The van der Waals surface area contributed by atoms with Crippen LogP contribution >= 0.6 is 27.7 Å². The van der Waals surface area contributed by atoms with E-state index in [0.29, 0.717) is 34.7 Å². The van der Waals surface area contributed by atoms with Crippen LogP contribution in [0.4, 0.5) is 11.6 Å². The fraction of sp³-hybridized carbons (Fsp3) is 0.324. The molecule has 43 heavy (non-hydrogen) atoms. The van der Waals surface area contributed by atoms with E-state index < -0.39 is 6.04 Å². The number of thioether (sulfide) groups is 1. The Morgan fingerprint density at radius 1 is 1.09 bits per heavy atom. The second-order valence-corrected chi connectivity index (χ2v) is 13.9. The molecule has 3 aromatic carbocycles. The Hall–Kier alpha value is -3.56. The first kappa shape index (κ1) is 30.9. The molecule has 1 unspecified atom stereocenters. The number of anilines is 2. The van der Waals surface area contributed by atoms with Crippen molar-refractivity contribution in [3.05, 3.63) is 104 Å². The smallest absolute Gasteiger partial charge is 0.255 e. The Morgan fingerprint density at radius 3 is 2.53 bits per heavy atom. The van der Waals surface area contributed by atoms with Gasteiger partial charge in [-0.2, -0.15) is 4.98 Å². The van der Waals surface area contributed by atoms with Crippen LogP contribution in [0.1, 0.15) is 68.5 Å². The number of benzene rings is 3. The minimum atomic E-state index is -0.573. The Morgan fingerprint density at radius 2 is 1.84 bits per heavy atom. The predicted octanol–water partition coefficient (Wildman–Crippen LogP) is 8.57. The first-order valence-corrected chi connectivity index (χ1v) is 16.2. The molecule has 1 amide bonds. The summed E-state index contributed by atoms with van der Waals surface area (Å²) in [6.07, 6.45) is 0. The topological polar surface area (TPSA) is 81.1 Å². The third-order valence-electron chi connectivity index (χ3n) is 7.68. The van der Waals surface area contributed by atoms with E-state index in [4.69, 9.17) is 14.8 Å². The summed E-state index contributed by atoms with van der Waals surface area (Å²) in [5.41, 5.74) is 7.40. The summed E-state index contributed by atoms with van der Waals surface area (Å²) in [4.78, 5) is 18.9. The van der Waals surface area contributed by atoms with E-state index >= 15 is 0 Å². The lowest BCUT2D eigenvalue weighted by Crippen LogP contribution is -2.32. The highest BCUT2D eigenvalue weighted by atomic mass is 79.9. The molecule has 2 heterocycles. The number of aromatic nitrogens is 3. The lowest BCUT2D eigenvalue weighted by Gasteiger charge is -2.30. The molecule has 2 N–H and O–H groups in total. The van der Waals surface area contributed by atoms with Crippen molar-refractivity contribution in [2.24, 2.45) is 0 Å². The first-order chi connectivity index (χ1) is 20.5. The van der Waals surface area contributed by atoms with Crippen LogP contribution in [-0.4, -0.2) is 26.4 Å². The van der Waals surface area contributed by atoms with Crippen molar-refractivity contribution < 1.29 is 9.53 Å². The van der Waals surface area contributed by atoms with E-state index in [2.05, 4.69) is 78.5 Å². The molecule has 1 aliphatic heterocycles. The number of allylic oxidation sites excluding steroid dienone is 1. The van der Waals surface area contributed by atoms with Gasteiger partial charge >= 0.3 is 0 Å². The monoisotopic (exact) mass is 659 g/mol. The number of carbonyl (C=O) groups excluding carboxylic acids is 1. The summed E-state index contributed by atoms with van der Waals surface area (Å²) in [6, 6.07) is 19.8. The number of aryl methyl sites for hydroxylation is 1. The molecule has 0 aliphatic carbocycles. The number of nitrogens with one attached hydrogen (secondary N) is 2. The van der Waals surface area contributed by atoms with E-state index in [9.17, 15) is 4.79 Å². The van der Waals surface area contributed by atoms with Gasteiger partial charge in [0, 0.05) is 21.4 Å². The van der Waals surface area contributed by atoms with E-state index in [1.165, 1.54) is 5.56 Å². The quantitative estimate of drug-likeness (QED) is 0.184. The van der Waals surface area contributed by atoms with Gasteiger partial charge in [-0.15, -0.1) is 5.10 Å². The van der Waals surface area contributed by atoms with Crippen molar-refractivity contribution >= 4 is 45.2 Å². The van der Waals surface area contributed by atoms with Crippen molar-refractivity contribution in [2.45, 2.75) is 71.7 Å². The summed E-state index contributed by atoms with van der Waals surface area (Å²) >= 11 is 5.22. The summed E-state index contributed by atoms with van der Waals surface area (Å²) in [6.45, 7) is 15.0. The molecule has 0 bridgehead atoms. The number of amides is 1. The number of hydrogen-bond donors (Lipinski definition) is 2.